The molecule has 6 rings (SSSR count). The number of ether oxygens (including phenoxy) is 1. The Kier molecular flexibility index (Phi) is 5.47. The number of halogens is 3. The van der Waals surface area contributed by atoms with Crippen LogP contribution in [0.15, 0.2) is 29.2 Å². The highest BCUT2D eigenvalue weighted by Crippen LogP contribution is 2.45. The first-order valence-electron chi connectivity index (χ1n) is 12.2. The quantitative estimate of drug-likeness (QED) is 0.516. The lowest BCUT2D eigenvalue weighted by Crippen LogP contribution is -2.44. The van der Waals surface area contributed by atoms with E-state index in [-0.39, 0.29) is 11.7 Å². The van der Waals surface area contributed by atoms with Gasteiger partial charge >= 0.3 is 5.92 Å². The summed E-state index contributed by atoms with van der Waals surface area (Å²) >= 11 is 6.41. The van der Waals surface area contributed by atoms with Crippen molar-refractivity contribution < 1.29 is 13.5 Å². The molecule has 3 aliphatic rings. The topological polar surface area (TPSA) is 84.3 Å². The molecule has 1 aromatic carbocycles. The molecule has 2 N–H and O–H groups in total. The van der Waals surface area contributed by atoms with Crippen LogP contribution in [0.25, 0.3) is 10.9 Å². The zero-order chi connectivity index (χ0) is 25.2. The van der Waals surface area contributed by atoms with E-state index in [1.54, 1.807) is 31.4 Å². The number of alkyl halides is 2. The Bertz CT molecular complexity index is 1410. The van der Waals surface area contributed by atoms with E-state index in [4.69, 9.17) is 16.3 Å². The van der Waals surface area contributed by atoms with Crippen LogP contribution in [0.5, 0.6) is 5.75 Å². The van der Waals surface area contributed by atoms with Gasteiger partial charge in [0.15, 0.2) is 12.4 Å². The van der Waals surface area contributed by atoms with Crippen LogP contribution in [0.3, 0.4) is 0 Å². The van der Waals surface area contributed by atoms with Crippen LogP contribution in [-0.4, -0.2) is 46.2 Å². The van der Waals surface area contributed by atoms with Crippen molar-refractivity contribution in [2.45, 2.75) is 38.2 Å². The summed E-state index contributed by atoms with van der Waals surface area (Å²) in [6, 6.07) is 4.28. The van der Waals surface area contributed by atoms with Crippen LogP contribution in [0.4, 0.5) is 31.9 Å². The number of fused-ring (bicyclic) bond motifs is 3. The molecule has 8 nitrogen and oxygen atoms in total. The maximum absolute atomic E-state index is 14.9. The first-order chi connectivity index (χ1) is 17.2. The molecular weight excluding hydrogens is 490 g/mol. The Hall–Kier alpha value is -3.14. The molecule has 1 saturated heterocycles. The zero-order valence-electron chi connectivity index (χ0n) is 20.0. The summed E-state index contributed by atoms with van der Waals surface area (Å²) in [4.78, 5) is 24.1. The minimum absolute atomic E-state index is 0.0875. The minimum atomic E-state index is -3.09. The fourth-order valence-electron chi connectivity index (χ4n) is 5.14. The van der Waals surface area contributed by atoms with Crippen LogP contribution in [-0.2, 0) is 7.05 Å². The molecule has 0 spiro atoms. The van der Waals surface area contributed by atoms with E-state index in [9.17, 15) is 13.6 Å². The van der Waals surface area contributed by atoms with Gasteiger partial charge in [-0.25, -0.2) is 13.8 Å². The van der Waals surface area contributed by atoms with Crippen molar-refractivity contribution in [2.75, 3.05) is 35.2 Å². The van der Waals surface area contributed by atoms with Gasteiger partial charge in [0.05, 0.1) is 23.4 Å². The highest BCUT2D eigenvalue weighted by molar-refractivity contribution is 6.32. The second-order valence-corrected chi connectivity index (χ2v) is 10.5. The predicted octanol–water partition coefficient (Wildman–Crippen LogP) is 4.79. The average molecular weight is 517 g/mol. The summed E-state index contributed by atoms with van der Waals surface area (Å²) in [5.74, 6) is -1.71. The van der Waals surface area contributed by atoms with E-state index in [1.807, 2.05) is 0 Å². The molecule has 2 fully saturated rings. The number of hydrogen-bond donors (Lipinski definition) is 2. The smallest absolute Gasteiger partial charge is 0.301 e. The van der Waals surface area contributed by atoms with E-state index in [1.165, 1.54) is 4.57 Å². The third kappa shape index (κ3) is 4.01. The molecule has 4 heterocycles. The number of hydrogen-bond acceptors (Lipinski definition) is 7. The standard InChI is InChI=1S/C25H27ClF2N6O2/c1-13-7-8-34(11-13)24-29-10-17(26)22(32-24)30-15-5-6-18-16(9-15)19-20(23(35)33(18)2)36-12-25(27,28)21(31-19)14-3-4-14/h5-6,9-10,13-14,21,31H,3-4,7-8,11-12H2,1-2H3,(H,29,30,32)/t13-,21+/m1/s1. The number of benzene rings is 1. The molecule has 2 aliphatic heterocycles. The van der Waals surface area contributed by atoms with Gasteiger partial charge in [-0.2, -0.15) is 4.98 Å². The second kappa shape index (κ2) is 8.47. The first kappa shape index (κ1) is 23.3. The van der Waals surface area contributed by atoms with Crippen molar-refractivity contribution >= 4 is 45.6 Å². The number of nitrogens with zero attached hydrogens (tertiary/aromatic N) is 4. The molecule has 1 aliphatic carbocycles. The van der Waals surface area contributed by atoms with E-state index in [0.717, 1.165) is 32.4 Å². The van der Waals surface area contributed by atoms with E-state index in [0.29, 0.717) is 45.0 Å². The van der Waals surface area contributed by atoms with Crippen molar-refractivity contribution in [1.29, 1.82) is 0 Å². The molecule has 0 unspecified atom stereocenters. The second-order valence-electron chi connectivity index (χ2n) is 10.1. The van der Waals surface area contributed by atoms with Gasteiger partial charge in [-0.15, -0.1) is 0 Å². The molecule has 36 heavy (non-hydrogen) atoms. The Morgan fingerprint density at radius 1 is 1.28 bits per heavy atom. The van der Waals surface area contributed by atoms with Crippen molar-refractivity contribution in [1.82, 2.24) is 14.5 Å². The fourth-order valence-corrected chi connectivity index (χ4v) is 5.28. The van der Waals surface area contributed by atoms with Crippen LogP contribution in [0.1, 0.15) is 26.2 Å². The van der Waals surface area contributed by atoms with E-state index in [2.05, 4.69) is 32.4 Å². The summed E-state index contributed by atoms with van der Waals surface area (Å²) in [5.41, 5.74) is 1.08. The average Bonchev–Trinajstić information content (AvgIpc) is 3.61. The van der Waals surface area contributed by atoms with Crippen molar-refractivity contribution in [3.8, 4) is 5.75 Å². The van der Waals surface area contributed by atoms with E-state index < -0.39 is 24.1 Å². The number of rotatable bonds is 4. The third-order valence-corrected chi connectivity index (χ3v) is 7.59. The minimum Gasteiger partial charge on any atom is -0.480 e. The Morgan fingerprint density at radius 2 is 2.08 bits per heavy atom. The number of anilines is 4. The van der Waals surface area contributed by atoms with Gasteiger partial charge in [-0.05, 0) is 49.3 Å². The van der Waals surface area contributed by atoms with Crippen LogP contribution in [0, 0.1) is 11.8 Å². The Morgan fingerprint density at radius 3 is 2.81 bits per heavy atom. The number of pyridine rings is 1. The molecule has 0 bridgehead atoms. The Labute approximate surface area is 211 Å². The SMILES string of the molecule is C[C@@H]1CCN(c2ncc(Cl)c(Nc3ccc4c(c3)c3c(c(=O)n4C)OCC(F)(F)[C@H](C4CC4)N3)n2)C1. The molecule has 11 heteroatoms. The molecule has 2 atom stereocenters. The van der Waals surface area contributed by atoms with Gasteiger partial charge in [0.25, 0.3) is 5.56 Å². The number of nitrogens with one attached hydrogen (secondary N) is 2. The molecule has 0 radical (unpaired) electrons. The van der Waals surface area contributed by atoms with Crippen molar-refractivity contribution in [3.05, 3.63) is 39.8 Å². The van der Waals surface area contributed by atoms with Gasteiger partial charge < -0.3 is 24.8 Å². The third-order valence-electron chi connectivity index (χ3n) is 7.31. The molecule has 0 amide bonds. The molecule has 190 valence electrons. The van der Waals surface area contributed by atoms with Crippen molar-refractivity contribution in [3.63, 3.8) is 0 Å². The maximum Gasteiger partial charge on any atom is 0.301 e. The van der Waals surface area contributed by atoms with Gasteiger partial charge in [0.1, 0.15) is 5.02 Å². The summed E-state index contributed by atoms with van der Waals surface area (Å²) in [6.07, 6.45) is 4.11. The number of aryl methyl sites for hydroxylation is 1. The highest BCUT2D eigenvalue weighted by atomic mass is 35.5. The largest absolute Gasteiger partial charge is 0.480 e. The maximum atomic E-state index is 14.9. The van der Waals surface area contributed by atoms with Gasteiger partial charge in [-0.1, -0.05) is 18.5 Å². The molecule has 2 aromatic heterocycles. The summed E-state index contributed by atoms with van der Waals surface area (Å²) in [5, 5.41) is 7.20. The predicted molar refractivity (Wildman–Crippen MR) is 136 cm³/mol. The highest BCUT2D eigenvalue weighted by Gasteiger charge is 2.51. The molecular formula is C25H27ClF2N6O2. The normalized spacial score (nSPS) is 23.1. The zero-order valence-corrected chi connectivity index (χ0v) is 20.8. The lowest BCUT2D eigenvalue weighted by molar-refractivity contribution is -0.0579. The monoisotopic (exact) mass is 516 g/mol. The summed E-state index contributed by atoms with van der Waals surface area (Å²) in [6.45, 7) is 3.13. The van der Waals surface area contributed by atoms with Gasteiger partial charge in [0, 0.05) is 31.2 Å². The van der Waals surface area contributed by atoms with Crippen molar-refractivity contribution in [2.24, 2.45) is 18.9 Å². The van der Waals surface area contributed by atoms with E-state index >= 15 is 0 Å². The summed E-state index contributed by atoms with van der Waals surface area (Å²) in [7, 11) is 1.60. The Balaban J connectivity index is 1.40. The van der Waals surface area contributed by atoms with Gasteiger partial charge in [0.2, 0.25) is 11.7 Å². The molecule has 3 aromatic rings. The first-order valence-corrected chi connectivity index (χ1v) is 12.6. The van der Waals surface area contributed by atoms with Crippen LogP contribution in [0.2, 0.25) is 5.02 Å². The lowest BCUT2D eigenvalue weighted by Gasteiger charge is -2.25. The number of aromatic nitrogens is 3. The van der Waals surface area contributed by atoms with Gasteiger partial charge in [-0.3, -0.25) is 4.79 Å². The fraction of sp³-hybridized carbons (Fsp3) is 0.480. The molecule has 1 saturated carbocycles. The summed E-state index contributed by atoms with van der Waals surface area (Å²) < 4.78 is 36.6. The van der Waals surface area contributed by atoms with Crippen LogP contribution >= 0.6 is 11.6 Å². The van der Waals surface area contributed by atoms with Crippen LogP contribution < -0.4 is 25.8 Å². The lowest BCUT2D eigenvalue weighted by atomic mass is 10.0.